The van der Waals surface area contributed by atoms with Crippen LogP contribution >= 0.6 is 45.2 Å². The van der Waals surface area contributed by atoms with E-state index in [0.717, 1.165) is 0 Å². The standard InChI is InChI=1S/C24H36I2Si2/c1-7-27(8-2,9-3)21-17-13-15-19(25)23(21)24-20(26)16-14-18-22(24)28(10-4,11-5)12-6/h13-18H,7-12H2,1-6H3. The third-order valence-electron chi connectivity index (χ3n) is 7.48. The molecule has 0 unspecified atom stereocenters. The molecule has 0 nitrogen and oxygen atoms in total. The summed E-state index contributed by atoms with van der Waals surface area (Å²) in [7, 11) is -2.96. The van der Waals surface area contributed by atoms with Gasteiger partial charge in [0.25, 0.3) is 0 Å². The van der Waals surface area contributed by atoms with E-state index < -0.39 is 16.1 Å². The highest BCUT2D eigenvalue weighted by molar-refractivity contribution is 14.1. The number of hydrogen-bond donors (Lipinski definition) is 0. The van der Waals surface area contributed by atoms with Crippen molar-refractivity contribution in [2.24, 2.45) is 0 Å². The summed E-state index contributed by atoms with van der Waals surface area (Å²) in [5.74, 6) is 0. The molecular weight excluding hydrogens is 598 g/mol. The summed E-state index contributed by atoms with van der Waals surface area (Å²) < 4.78 is 2.89. The van der Waals surface area contributed by atoms with Crippen LogP contribution in [0.2, 0.25) is 36.3 Å². The van der Waals surface area contributed by atoms with Crippen molar-refractivity contribution >= 4 is 71.7 Å². The molecule has 0 heterocycles. The Morgan fingerprint density at radius 2 is 0.821 bits per heavy atom. The first-order valence-corrected chi connectivity index (χ1v) is 18.4. The van der Waals surface area contributed by atoms with E-state index in [2.05, 4.69) is 123 Å². The summed E-state index contributed by atoms with van der Waals surface area (Å²) in [6, 6.07) is 22.3. The molecule has 2 rings (SSSR count). The van der Waals surface area contributed by atoms with Crippen LogP contribution in [0, 0.1) is 7.14 Å². The van der Waals surface area contributed by atoms with E-state index in [9.17, 15) is 0 Å². The van der Waals surface area contributed by atoms with Gasteiger partial charge in [0.05, 0.1) is 16.1 Å². The summed E-state index contributed by atoms with van der Waals surface area (Å²) in [6.07, 6.45) is 0. The molecule has 0 amide bonds. The van der Waals surface area contributed by atoms with Crippen LogP contribution in [0.1, 0.15) is 41.5 Å². The summed E-state index contributed by atoms with van der Waals surface area (Å²) in [5.41, 5.74) is 3.18. The van der Waals surface area contributed by atoms with E-state index in [1.165, 1.54) is 43.4 Å². The molecule has 0 saturated carbocycles. The molecule has 0 aliphatic carbocycles. The highest BCUT2D eigenvalue weighted by Gasteiger charge is 2.36. The zero-order chi connectivity index (χ0) is 20.9. The topological polar surface area (TPSA) is 0 Å². The number of benzene rings is 2. The van der Waals surface area contributed by atoms with E-state index in [1.807, 2.05) is 0 Å². The van der Waals surface area contributed by atoms with Gasteiger partial charge in [0.2, 0.25) is 0 Å². The molecule has 0 N–H and O–H groups in total. The van der Waals surface area contributed by atoms with Gasteiger partial charge in [0.1, 0.15) is 0 Å². The van der Waals surface area contributed by atoms with Crippen molar-refractivity contribution in [3.05, 3.63) is 43.5 Å². The van der Waals surface area contributed by atoms with Crippen LogP contribution in [0.3, 0.4) is 0 Å². The number of rotatable bonds is 9. The minimum absolute atomic E-state index is 1.34. The highest BCUT2D eigenvalue weighted by atomic mass is 127. The van der Waals surface area contributed by atoms with Crippen LogP contribution < -0.4 is 10.4 Å². The van der Waals surface area contributed by atoms with Gasteiger partial charge in [0.15, 0.2) is 0 Å². The van der Waals surface area contributed by atoms with Crippen LogP contribution in [0.15, 0.2) is 36.4 Å². The predicted molar refractivity (Wildman–Crippen MR) is 151 cm³/mol. The quantitative estimate of drug-likeness (QED) is 0.194. The van der Waals surface area contributed by atoms with Crippen LogP contribution in [0.5, 0.6) is 0 Å². The molecule has 2 aromatic rings. The fraction of sp³-hybridized carbons (Fsp3) is 0.500. The Morgan fingerprint density at radius 1 is 0.536 bits per heavy atom. The summed E-state index contributed by atoms with van der Waals surface area (Å²) in [6.45, 7) is 14.6. The van der Waals surface area contributed by atoms with Crippen molar-refractivity contribution in [2.45, 2.75) is 77.8 Å². The Balaban J connectivity index is 2.95. The molecule has 2 aromatic carbocycles. The first-order valence-electron chi connectivity index (χ1n) is 11.0. The first-order chi connectivity index (χ1) is 13.4. The molecule has 154 valence electrons. The van der Waals surface area contributed by atoms with Crippen LogP contribution in [-0.4, -0.2) is 16.1 Å². The lowest BCUT2D eigenvalue weighted by molar-refractivity contribution is 1.19. The first kappa shape index (κ1) is 24.6. The summed E-state index contributed by atoms with van der Waals surface area (Å²) in [4.78, 5) is 0. The van der Waals surface area contributed by atoms with Gasteiger partial charge in [-0.05, 0) is 68.4 Å². The molecule has 0 aliphatic rings. The highest BCUT2D eigenvalue weighted by Crippen LogP contribution is 2.35. The molecule has 28 heavy (non-hydrogen) atoms. The maximum atomic E-state index is 2.61. The van der Waals surface area contributed by atoms with E-state index >= 15 is 0 Å². The predicted octanol–water partition coefficient (Wildman–Crippen LogP) is 7.99. The molecular formula is C24H36I2Si2. The van der Waals surface area contributed by atoms with Crippen LogP contribution in [-0.2, 0) is 0 Å². The molecule has 0 bridgehead atoms. The lowest BCUT2D eigenvalue weighted by atomic mass is 10.1. The molecule has 0 aliphatic heterocycles. The normalized spacial score (nSPS) is 12.4. The second-order valence-corrected chi connectivity index (χ2v) is 20.8. The molecule has 4 heteroatoms. The third-order valence-corrected chi connectivity index (χ3v) is 20.5. The van der Waals surface area contributed by atoms with Crippen molar-refractivity contribution in [1.82, 2.24) is 0 Å². The van der Waals surface area contributed by atoms with Gasteiger partial charge < -0.3 is 0 Å². The van der Waals surface area contributed by atoms with Crippen molar-refractivity contribution in [3.63, 3.8) is 0 Å². The SMILES string of the molecule is CC[Si](CC)(CC)c1cccc(I)c1-c1c(I)cccc1[Si](CC)(CC)CC. The Bertz CT molecular complexity index is 709. The Hall–Kier alpha value is 0.334. The Labute approximate surface area is 202 Å². The Kier molecular flexibility index (Phi) is 9.29. The smallest absolute Gasteiger partial charge is 0.0675 e. The van der Waals surface area contributed by atoms with E-state index in [-0.39, 0.29) is 0 Å². The number of halogens is 2. The second-order valence-electron chi connectivity index (χ2n) is 8.01. The zero-order valence-electron chi connectivity index (χ0n) is 18.5. The zero-order valence-corrected chi connectivity index (χ0v) is 24.8. The molecule has 0 atom stereocenters. The van der Waals surface area contributed by atoms with Gasteiger partial charge in [-0.1, -0.05) is 112 Å². The summed E-state index contributed by atoms with van der Waals surface area (Å²) >= 11 is 5.22. The molecule has 0 aromatic heterocycles. The fourth-order valence-corrected chi connectivity index (χ4v) is 14.9. The monoisotopic (exact) mass is 634 g/mol. The largest absolute Gasteiger partial charge is 0.0867 e. The Morgan fingerprint density at radius 3 is 1.07 bits per heavy atom. The molecule has 0 saturated heterocycles. The van der Waals surface area contributed by atoms with Gasteiger partial charge in [0, 0.05) is 7.14 Å². The van der Waals surface area contributed by atoms with Crippen molar-refractivity contribution < 1.29 is 0 Å². The maximum Gasteiger partial charge on any atom is 0.0867 e. The minimum atomic E-state index is -1.48. The van der Waals surface area contributed by atoms with Crippen molar-refractivity contribution in [1.29, 1.82) is 0 Å². The molecule has 0 radical (unpaired) electrons. The van der Waals surface area contributed by atoms with E-state index in [0.29, 0.717) is 0 Å². The van der Waals surface area contributed by atoms with E-state index in [1.54, 1.807) is 21.5 Å². The third kappa shape index (κ3) is 4.35. The van der Waals surface area contributed by atoms with Crippen molar-refractivity contribution in [3.8, 4) is 11.1 Å². The molecule has 0 fully saturated rings. The van der Waals surface area contributed by atoms with E-state index in [4.69, 9.17) is 0 Å². The minimum Gasteiger partial charge on any atom is -0.0675 e. The van der Waals surface area contributed by atoms with Gasteiger partial charge in [-0.25, -0.2) is 0 Å². The van der Waals surface area contributed by atoms with Crippen LogP contribution in [0.25, 0.3) is 11.1 Å². The van der Waals surface area contributed by atoms with Gasteiger partial charge in [-0.2, -0.15) is 0 Å². The lowest BCUT2D eigenvalue weighted by Crippen LogP contribution is -2.50. The second kappa shape index (κ2) is 10.6. The van der Waals surface area contributed by atoms with Gasteiger partial charge >= 0.3 is 0 Å². The van der Waals surface area contributed by atoms with Gasteiger partial charge in [-0.3, -0.25) is 0 Å². The maximum absolute atomic E-state index is 2.61. The number of hydrogen-bond acceptors (Lipinski definition) is 0. The van der Waals surface area contributed by atoms with Crippen molar-refractivity contribution in [2.75, 3.05) is 0 Å². The van der Waals surface area contributed by atoms with Gasteiger partial charge in [-0.15, -0.1) is 0 Å². The fourth-order valence-electron chi connectivity index (χ4n) is 5.08. The van der Waals surface area contributed by atoms with Crippen LogP contribution in [0.4, 0.5) is 0 Å². The average Bonchev–Trinajstić information content (AvgIpc) is 2.72. The average molecular weight is 635 g/mol. The molecule has 0 spiro atoms. The lowest BCUT2D eigenvalue weighted by Gasteiger charge is -2.35. The summed E-state index contributed by atoms with van der Waals surface area (Å²) in [5, 5.41) is 3.42.